The SMILES string of the molecule is COC(=O)c1cc(NC(=O)c2ccccc2C(F)(F)F)cc(C(=O)OC)c1. The number of alkyl halides is 3. The van der Waals surface area contributed by atoms with Gasteiger partial charge in [-0.2, -0.15) is 13.2 Å². The molecule has 2 aromatic carbocycles. The summed E-state index contributed by atoms with van der Waals surface area (Å²) in [6.07, 6.45) is -4.72. The van der Waals surface area contributed by atoms with Crippen molar-refractivity contribution >= 4 is 23.5 Å². The Morgan fingerprint density at radius 2 is 1.41 bits per heavy atom. The minimum Gasteiger partial charge on any atom is -0.465 e. The van der Waals surface area contributed by atoms with Crippen molar-refractivity contribution in [1.82, 2.24) is 0 Å². The molecule has 142 valence electrons. The van der Waals surface area contributed by atoms with Gasteiger partial charge in [-0.05, 0) is 30.3 Å². The summed E-state index contributed by atoms with van der Waals surface area (Å²) in [4.78, 5) is 35.8. The standard InChI is InChI=1S/C18H14F3NO5/c1-26-16(24)10-7-11(17(25)27-2)9-12(8-10)22-15(23)13-5-3-4-6-14(13)18(19,20)21/h3-9H,1-2H3,(H,22,23). The van der Waals surface area contributed by atoms with Crippen LogP contribution in [0, 0.1) is 0 Å². The lowest BCUT2D eigenvalue weighted by molar-refractivity contribution is -0.137. The lowest BCUT2D eigenvalue weighted by atomic mass is 10.1. The molecule has 1 amide bonds. The number of ether oxygens (including phenoxy) is 2. The highest BCUT2D eigenvalue weighted by atomic mass is 19.4. The number of rotatable bonds is 4. The molecule has 2 aromatic rings. The molecule has 0 saturated carbocycles. The lowest BCUT2D eigenvalue weighted by Crippen LogP contribution is -2.19. The Kier molecular flexibility index (Phi) is 5.84. The van der Waals surface area contributed by atoms with Gasteiger partial charge in [-0.3, -0.25) is 4.79 Å². The smallest absolute Gasteiger partial charge is 0.417 e. The van der Waals surface area contributed by atoms with E-state index >= 15 is 0 Å². The fraction of sp³-hybridized carbons (Fsp3) is 0.167. The van der Waals surface area contributed by atoms with Crippen molar-refractivity contribution < 1.29 is 37.0 Å². The molecule has 0 aliphatic rings. The molecule has 0 aliphatic carbocycles. The second-order valence-corrected chi connectivity index (χ2v) is 5.28. The minimum atomic E-state index is -4.72. The summed E-state index contributed by atoms with van der Waals surface area (Å²) < 4.78 is 48.4. The van der Waals surface area contributed by atoms with Gasteiger partial charge in [-0.1, -0.05) is 12.1 Å². The van der Waals surface area contributed by atoms with E-state index in [1.165, 1.54) is 24.3 Å². The van der Waals surface area contributed by atoms with Gasteiger partial charge < -0.3 is 14.8 Å². The van der Waals surface area contributed by atoms with Gasteiger partial charge in [-0.25, -0.2) is 9.59 Å². The molecule has 1 N–H and O–H groups in total. The van der Waals surface area contributed by atoms with Gasteiger partial charge >= 0.3 is 18.1 Å². The van der Waals surface area contributed by atoms with Gasteiger partial charge in [0.15, 0.2) is 0 Å². The molecule has 0 aromatic heterocycles. The van der Waals surface area contributed by atoms with Gasteiger partial charge in [0.05, 0.1) is 36.5 Å². The van der Waals surface area contributed by atoms with Gasteiger partial charge in [-0.15, -0.1) is 0 Å². The summed E-state index contributed by atoms with van der Waals surface area (Å²) in [6.45, 7) is 0. The third-order valence-electron chi connectivity index (χ3n) is 3.51. The highest BCUT2D eigenvalue weighted by Crippen LogP contribution is 2.32. The molecular formula is C18H14F3NO5. The zero-order valence-corrected chi connectivity index (χ0v) is 14.2. The largest absolute Gasteiger partial charge is 0.465 e. The van der Waals surface area contributed by atoms with E-state index in [-0.39, 0.29) is 16.8 Å². The highest BCUT2D eigenvalue weighted by Gasteiger charge is 2.34. The molecule has 9 heteroatoms. The number of anilines is 1. The molecule has 0 radical (unpaired) electrons. The Morgan fingerprint density at radius 1 is 0.889 bits per heavy atom. The molecule has 0 saturated heterocycles. The average molecular weight is 381 g/mol. The van der Waals surface area contributed by atoms with Crippen molar-refractivity contribution in [2.75, 3.05) is 19.5 Å². The van der Waals surface area contributed by atoms with E-state index in [1.54, 1.807) is 0 Å². The summed E-state index contributed by atoms with van der Waals surface area (Å²) in [5.74, 6) is -2.65. The number of carbonyl (C=O) groups excluding carboxylic acids is 3. The summed E-state index contributed by atoms with van der Waals surface area (Å²) in [7, 11) is 2.23. The maximum Gasteiger partial charge on any atom is 0.417 e. The Hall–Kier alpha value is -3.36. The molecule has 0 atom stereocenters. The second-order valence-electron chi connectivity index (χ2n) is 5.28. The van der Waals surface area contributed by atoms with Crippen LogP contribution in [-0.4, -0.2) is 32.1 Å². The molecular weight excluding hydrogens is 367 g/mol. The summed E-state index contributed by atoms with van der Waals surface area (Å²) in [5.41, 5.74) is -1.95. The Balaban J connectivity index is 2.44. The van der Waals surface area contributed by atoms with Crippen molar-refractivity contribution in [3.05, 3.63) is 64.7 Å². The number of hydrogen-bond acceptors (Lipinski definition) is 5. The third kappa shape index (κ3) is 4.63. The van der Waals surface area contributed by atoms with E-state index < -0.39 is 35.1 Å². The molecule has 0 spiro atoms. The molecule has 0 heterocycles. The fourth-order valence-electron chi connectivity index (χ4n) is 2.30. The van der Waals surface area contributed by atoms with Crippen LogP contribution in [0.4, 0.5) is 18.9 Å². The molecule has 6 nitrogen and oxygen atoms in total. The van der Waals surface area contributed by atoms with Crippen molar-refractivity contribution in [2.45, 2.75) is 6.18 Å². The quantitative estimate of drug-likeness (QED) is 0.820. The molecule has 27 heavy (non-hydrogen) atoms. The number of amides is 1. The van der Waals surface area contributed by atoms with E-state index in [9.17, 15) is 27.6 Å². The highest BCUT2D eigenvalue weighted by molar-refractivity contribution is 6.07. The lowest BCUT2D eigenvalue weighted by Gasteiger charge is -2.13. The van der Waals surface area contributed by atoms with Crippen LogP contribution in [0.3, 0.4) is 0 Å². The van der Waals surface area contributed by atoms with E-state index in [2.05, 4.69) is 14.8 Å². The molecule has 0 fully saturated rings. The van der Waals surface area contributed by atoms with E-state index in [4.69, 9.17) is 0 Å². The van der Waals surface area contributed by atoms with Crippen molar-refractivity contribution in [2.24, 2.45) is 0 Å². The van der Waals surface area contributed by atoms with Crippen molar-refractivity contribution in [1.29, 1.82) is 0 Å². The second kappa shape index (κ2) is 7.90. The van der Waals surface area contributed by atoms with Gasteiger partial charge in [0.2, 0.25) is 0 Å². The first-order chi connectivity index (χ1) is 12.7. The van der Waals surface area contributed by atoms with Crippen molar-refractivity contribution in [3.8, 4) is 0 Å². The van der Waals surface area contributed by atoms with E-state index in [0.29, 0.717) is 0 Å². The van der Waals surface area contributed by atoms with Crippen LogP contribution in [-0.2, 0) is 15.7 Å². The first-order valence-electron chi connectivity index (χ1n) is 7.46. The normalized spacial score (nSPS) is 10.9. The molecule has 0 bridgehead atoms. The topological polar surface area (TPSA) is 81.7 Å². The van der Waals surface area contributed by atoms with Gasteiger partial charge in [0.1, 0.15) is 0 Å². The summed E-state index contributed by atoms with van der Waals surface area (Å²) >= 11 is 0. The maximum absolute atomic E-state index is 13.1. The van der Waals surface area contributed by atoms with Crippen LogP contribution < -0.4 is 5.32 Å². The average Bonchev–Trinajstić information content (AvgIpc) is 2.65. The van der Waals surface area contributed by atoms with Crippen LogP contribution in [0.2, 0.25) is 0 Å². The van der Waals surface area contributed by atoms with E-state index in [0.717, 1.165) is 32.4 Å². The zero-order valence-electron chi connectivity index (χ0n) is 14.2. The number of carbonyl (C=O) groups is 3. The molecule has 2 rings (SSSR count). The maximum atomic E-state index is 13.1. The van der Waals surface area contributed by atoms with Crippen LogP contribution >= 0.6 is 0 Å². The first-order valence-corrected chi connectivity index (χ1v) is 7.46. The third-order valence-corrected chi connectivity index (χ3v) is 3.51. The number of benzene rings is 2. The predicted molar refractivity (Wildman–Crippen MR) is 88.5 cm³/mol. The van der Waals surface area contributed by atoms with E-state index in [1.807, 2.05) is 0 Å². The van der Waals surface area contributed by atoms with Crippen LogP contribution in [0.25, 0.3) is 0 Å². The van der Waals surface area contributed by atoms with Gasteiger partial charge in [0.25, 0.3) is 5.91 Å². The predicted octanol–water partition coefficient (Wildman–Crippen LogP) is 3.53. The monoisotopic (exact) mass is 381 g/mol. The molecule has 0 aliphatic heterocycles. The number of hydrogen-bond donors (Lipinski definition) is 1. The number of halogens is 3. The minimum absolute atomic E-state index is 0.0692. The summed E-state index contributed by atoms with van der Waals surface area (Å²) in [5, 5.41) is 2.25. The zero-order chi connectivity index (χ0) is 20.2. The van der Waals surface area contributed by atoms with Crippen LogP contribution in [0.5, 0.6) is 0 Å². The van der Waals surface area contributed by atoms with Crippen LogP contribution in [0.15, 0.2) is 42.5 Å². The number of esters is 2. The van der Waals surface area contributed by atoms with Gasteiger partial charge in [0, 0.05) is 5.69 Å². The Bertz CT molecular complexity index is 859. The Morgan fingerprint density at radius 3 is 1.89 bits per heavy atom. The molecule has 0 unspecified atom stereocenters. The summed E-state index contributed by atoms with van der Waals surface area (Å²) in [6, 6.07) is 7.76. The number of methoxy groups -OCH3 is 2. The van der Waals surface area contributed by atoms with Crippen molar-refractivity contribution in [3.63, 3.8) is 0 Å². The Labute approximate surface area is 151 Å². The fourth-order valence-corrected chi connectivity index (χ4v) is 2.30. The number of nitrogens with one attached hydrogen (secondary N) is 1. The van der Waals surface area contributed by atoms with Crippen LogP contribution in [0.1, 0.15) is 36.6 Å². The first kappa shape index (κ1) is 20.0.